The van der Waals surface area contributed by atoms with Crippen LogP contribution in [0.25, 0.3) is 0 Å². The summed E-state index contributed by atoms with van der Waals surface area (Å²) in [4.78, 5) is 23.4. The van der Waals surface area contributed by atoms with Gasteiger partial charge in [-0.2, -0.15) is 0 Å². The van der Waals surface area contributed by atoms with Gasteiger partial charge in [0, 0.05) is 19.2 Å². The molecule has 2 aromatic rings. The maximum absolute atomic E-state index is 11.9. The van der Waals surface area contributed by atoms with Crippen molar-refractivity contribution < 1.29 is 14.3 Å². The largest absolute Gasteiger partial charge is 0.483 e. The monoisotopic (exact) mass is 326 g/mol. The van der Waals surface area contributed by atoms with Gasteiger partial charge in [-0.25, -0.2) is 0 Å². The Hall–Kier alpha value is -2.82. The number of ether oxygens (including phenoxy) is 1. The first kappa shape index (κ1) is 17.5. The Balaban J connectivity index is 1.84. The van der Waals surface area contributed by atoms with Crippen molar-refractivity contribution in [1.82, 2.24) is 10.6 Å². The number of benzene rings is 2. The van der Waals surface area contributed by atoms with E-state index in [9.17, 15) is 9.59 Å². The lowest BCUT2D eigenvalue weighted by molar-refractivity contribution is -0.123. The molecule has 2 N–H and O–H groups in total. The second kappa shape index (κ2) is 8.15. The molecule has 2 rings (SSSR count). The zero-order valence-corrected chi connectivity index (χ0v) is 14.2. The molecule has 0 aliphatic rings. The predicted molar refractivity (Wildman–Crippen MR) is 93.1 cm³/mol. The summed E-state index contributed by atoms with van der Waals surface area (Å²) >= 11 is 0. The van der Waals surface area contributed by atoms with E-state index in [-0.39, 0.29) is 18.4 Å². The highest BCUT2D eigenvalue weighted by Gasteiger charge is 2.07. The van der Waals surface area contributed by atoms with Crippen molar-refractivity contribution in [3.8, 4) is 5.75 Å². The van der Waals surface area contributed by atoms with Crippen LogP contribution in [-0.2, 0) is 11.3 Å². The fourth-order valence-corrected chi connectivity index (χ4v) is 2.33. The molecular formula is C19H22N2O3. The second-order valence-corrected chi connectivity index (χ2v) is 5.56. The third-order valence-electron chi connectivity index (χ3n) is 3.69. The summed E-state index contributed by atoms with van der Waals surface area (Å²) in [6, 6.07) is 13.0. The number of amides is 2. The molecule has 0 saturated heterocycles. The minimum atomic E-state index is -0.187. The van der Waals surface area contributed by atoms with E-state index in [1.807, 2.05) is 44.2 Å². The minimum Gasteiger partial charge on any atom is -0.483 e. The van der Waals surface area contributed by atoms with E-state index in [4.69, 9.17) is 4.74 Å². The lowest BCUT2D eigenvalue weighted by Crippen LogP contribution is -2.28. The molecule has 0 aliphatic carbocycles. The summed E-state index contributed by atoms with van der Waals surface area (Å²) in [5, 5.41) is 5.37. The van der Waals surface area contributed by atoms with E-state index in [0.29, 0.717) is 12.1 Å². The van der Waals surface area contributed by atoms with Crippen molar-refractivity contribution in [2.45, 2.75) is 20.4 Å². The Morgan fingerprint density at radius 1 is 1.00 bits per heavy atom. The molecule has 0 heterocycles. The molecule has 24 heavy (non-hydrogen) atoms. The Labute approximate surface area is 142 Å². The van der Waals surface area contributed by atoms with Crippen molar-refractivity contribution in [2.24, 2.45) is 0 Å². The summed E-state index contributed by atoms with van der Waals surface area (Å²) < 4.78 is 5.62. The van der Waals surface area contributed by atoms with Crippen LogP contribution in [0.3, 0.4) is 0 Å². The van der Waals surface area contributed by atoms with Gasteiger partial charge in [-0.1, -0.05) is 30.3 Å². The summed E-state index contributed by atoms with van der Waals surface area (Å²) in [6.45, 7) is 4.27. The minimum absolute atomic E-state index is 0.0258. The molecule has 0 saturated carbocycles. The van der Waals surface area contributed by atoms with Crippen molar-refractivity contribution in [1.29, 1.82) is 0 Å². The van der Waals surface area contributed by atoms with E-state index >= 15 is 0 Å². The smallest absolute Gasteiger partial charge is 0.258 e. The lowest BCUT2D eigenvalue weighted by Gasteiger charge is -2.12. The van der Waals surface area contributed by atoms with Crippen LogP contribution in [0.5, 0.6) is 5.75 Å². The summed E-state index contributed by atoms with van der Waals surface area (Å²) in [6.07, 6.45) is 0. The first-order valence-electron chi connectivity index (χ1n) is 7.78. The molecule has 0 aromatic heterocycles. The zero-order chi connectivity index (χ0) is 17.5. The number of aryl methyl sites for hydroxylation is 2. The molecule has 2 aromatic carbocycles. The first-order valence-corrected chi connectivity index (χ1v) is 7.78. The number of hydrogen-bond acceptors (Lipinski definition) is 3. The van der Waals surface area contributed by atoms with Crippen molar-refractivity contribution in [3.63, 3.8) is 0 Å². The molecule has 5 nitrogen and oxygen atoms in total. The maximum Gasteiger partial charge on any atom is 0.258 e. The first-order chi connectivity index (χ1) is 11.5. The average Bonchev–Trinajstić information content (AvgIpc) is 2.59. The molecule has 2 amide bonds. The molecule has 5 heteroatoms. The van der Waals surface area contributed by atoms with Crippen molar-refractivity contribution >= 4 is 11.8 Å². The van der Waals surface area contributed by atoms with Gasteiger partial charge >= 0.3 is 0 Å². The molecular weight excluding hydrogens is 304 g/mol. The van der Waals surface area contributed by atoms with Gasteiger partial charge in [0.25, 0.3) is 11.8 Å². The van der Waals surface area contributed by atoms with Crippen LogP contribution in [0, 0.1) is 13.8 Å². The Bertz CT molecular complexity index is 704. The number of carbonyl (C=O) groups excluding carboxylic acids is 2. The highest BCUT2D eigenvalue weighted by molar-refractivity contribution is 5.93. The molecule has 0 fully saturated rings. The van der Waals surface area contributed by atoms with Gasteiger partial charge in [-0.05, 0) is 42.7 Å². The predicted octanol–water partition coefficient (Wildman–Crippen LogP) is 2.36. The van der Waals surface area contributed by atoms with Crippen LogP contribution >= 0.6 is 0 Å². The summed E-state index contributed by atoms with van der Waals surface area (Å²) in [5.41, 5.74) is 3.52. The van der Waals surface area contributed by atoms with Gasteiger partial charge in [0.05, 0.1) is 0 Å². The molecule has 0 radical (unpaired) electrons. The van der Waals surface area contributed by atoms with Crippen molar-refractivity contribution in [2.75, 3.05) is 13.7 Å². The maximum atomic E-state index is 11.9. The van der Waals surface area contributed by atoms with Crippen LogP contribution in [0.15, 0.2) is 42.5 Å². The van der Waals surface area contributed by atoms with Crippen LogP contribution in [0.1, 0.15) is 27.0 Å². The molecule has 0 aliphatic heterocycles. The Morgan fingerprint density at radius 2 is 1.62 bits per heavy atom. The number of nitrogens with one attached hydrogen (secondary N) is 2. The van der Waals surface area contributed by atoms with E-state index in [2.05, 4.69) is 10.6 Å². The Kier molecular flexibility index (Phi) is 5.95. The highest BCUT2D eigenvalue weighted by atomic mass is 16.5. The fraction of sp³-hybridized carbons (Fsp3) is 0.263. The lowest BCUT2D eigenvalue weighted by atomic mass is 10.1. The van der Waals surface area contributed by atoms with Crippen LogP contribution in [-0.4, -0.2) is 25.5 Å². The van der Waals surface area contributed by atoms with Gasteiger partial charge in [-0.3, -0.25) is 9.59 Å². The second-order valence-electron chi connectivity index (χ2n) is 5.56. The number of rotatable bonds is 6. The zero-order valence-electron chi connectivity index (χ0n) is 14.2. The summed E-state index contributed by atoms with van der Waals surface area (Å²) in [5.74, 6) is 0.434. The summed E-state index contributed by atoms with van der Waals surface area (Å²) in [7, 11) is 1.59. The standard InChI is InChI=1S/C19H22N2O3/c1-13-5-4-6-14(2)18(13)24-12-17(22)21-11-15-7-9-16(10-8-15)19(23)20-3/h4-10H,11-12H2,1-3H3,(H,20,23)(H,21,22). The molecule has 0 bridgehead atoms. The van der Waals surface area contributed by atoms with Gasteiger partial charge < -0.3 is 15.4 Å². The van der Waals surface area contributed by atoms with Gasteiger partial charge in [0.15, 0.2) is 6.61 Å². The van der Waals surface area contributed by atoms with Crippen LogP contribution in [0.2, 0.25) is 0 Å². The van der Waals surface area contributed by atoms with Gasteiger partial charge in [0.1, 0.15) is 5.75 Å². The molecule has 0 spiro atoms. The number of carbonyl (C=O) groups is 2. The molecule has 0 unspecified atom stereocenters. The molecule has 0 atom stereocenters. The van der Waals surface area contributed by atoms with Crippen LogP contribution in [0.4, 0.5) is 0 Å². The third-order valence-corrected chi connectivity index (χ3v) is 3.69. The number of para-hydroxylation sites is 1. The van der Waals surface area contributed by atoms with E-state index in [0.717, 1.165) is 22.4 Å². The Morgan fingerprint density at radius 3 is 2.21 bits per heavy atom. The number of hydrogen-bond donors (Lipinski definition) is 2. The average molecular weight is 326 g/mol. The quantitative estimate of drug-likeness (QED) is 0.856. The van der Waals surface area contributed by atoms with Gasteiger partial charge in [-0.15, -0.1) is 0 Å². The van der Waals surface area contributed by atoms with E-state index in [1.54, 1.807) is 19.2 Å². The van der Waals surface area contributed by atoms with E-state index < -0.39 is 0 Å². The van der Waals surface area contributed by atoms with Crippen molar-refractivity contribution in [3.05, 3.63) is 64.7 Å². The highest BCUT2D eigenvalue weighted by Crippen LogP contribution is 2.21. The SMILES string of the molecule is CNC(=O)c1ccc(CNC(=O)COc2c(C)cccc2C)cc1. The van der Waals surface area contributed by atoms with Crippen LogP contribution < -0.4 is 15.4 Å². The normalized spacial score (nSPS) is 10.1. The third kappa shape index (κ3) is 4.59. The molecule has 126 valence electrons. The van der Waals surface area contributed by atoms with E-state index in [1.165, 1.54) is 0 Å². The topological polar surface area (TPSA) is 67.4 Å². The van der Waals surface area contributed by atoms with Gasteiger partial charge in [0.2, 0.25) is 0 Å². The fourth-order valence-electron chi connectivity index (χ4n) is 2.33.